The molecule has 0 saturated carbocycles. The molecule has 0 aliphatic carbocycles. The quantitative estimate of drug-likeness (QED) is 0.943. The Morgan fingerprint density at radius 2 is 1.85 bits per heavy atom. The molecule has 0 spiro atoms. The van der Waals surface area contributed by atoms with Gasteiger partial charge in [0.25, 0.3) is 0 Å². The summed E-state index contributed by atoms with van der Waals surface area (Å²) in [6.45, 7) is 3.35. The Hall–Kier alpha value is -1.79. The van der Waals surface area contributed by atoms with Gasteiger partial charge in [0.15, 0.2) is 0 Å². The monoisotopic (exact) mass is 294 g/mol. The number of aryl methyl sites for hydroxylation is 1. The molecule has 1 aromatic heterocycles. The highest BCUT2D eigenvalue weighted by Gasteiger charge is 2.20. The minimum absolute atomic E-state index is 0.0431. The predicted octanol–water partition coefficient (Wildman–Crippen LogP) is 2.57. The summed E-state index contributed by atoms with van der Waals surface area (Å²) >= 11 is 0. The third-order valence-electron chi connectivity index (χ3n) is 2.98. The van der Waals surface area contributed by atoms with Crippen molar-refractivity contribution in [2.24, 2.45) is 0 Å². The summed E-state index contributed by atoms with van der Waals surface area (Å²) in [6, 6.07) is 6.74. The van der Waals surface area contributed by atoms with Gasteiger partial charge >= 0.3 is 0 Å². The molecule has 0 aliphatic rings. The van der Waals surface area contributed by atoms with Crippen LogP contribution >= 0.6 is 0 Å². The Labute approximate surface area is 117 Å². The van der Waals surface area contributed by atoms with E-state index in [9.17, 15) is 12.8 Å². The number of rotatable bonds is 4. The summed E-state index contributed by atoms with van der Waals surface area (Å²) in [7, 11) is -3.77. The van der Waals surface area contributed by atoms with Crippen LogP contribution < -0.4 is 4.72 Å². The molecule has 1 heterocycles. The van der Waals surface area contributed by atoms with E-state index in [2.05, 4.69) is 9.71 Å². The fraction of sp³-hybridized carbons (Fsp3) is 0.214. The van der Waals surface area contributed by atoms with Crippen LogP contribution in [0.4, 0.5) is 4.39 Å². The summed E-state index contributed by atoms with van der Waals surface area (Å²) in [5.74, 6) is -0.576. The summed E-state index contributed by atoms with van der Waals surface area (Å²) in [4.78, 5) is 3.84. The molecule has 0 fully saturated rings. The van der Waals surface area contributed by atoms with E-state index >= 15 is 0 Å². The lowest BCUT2D eigenvalue weighted by Gasteiger charge is -2.15. The molecule has 0 amide bonds. The summed E-state index contributed by atoms with van der Waals surface area (Å²) < 4.78 is 40.4. The number of hydrogen-bond donors (Lipinski definition) is 1. The fourth-order valence-electron chi connectivity index (χ4n) is 1.88. The summed E-state index contributed by atoms with van der Waals surface area (Å²) in [6.07, 6.45) is 3.18. The highest BCUT2D eigenvalue weighted by Crippen LogP contribution is 2.20. The topological polar surface area (TPSA) is 59.1 Å². The van der Waals surface area contributed by atoms with Gasteiger partial charge in [-0.15, -0.1) is 0 Å². The maximum Gasteiger partial charge on any atom is 0.241 e. The molecular weight excluding hydrogens is 279 g/mol. The van der Waals surface area contributed by atoms with E-state index in [-0.39, 0.29) is 4.90 Å². The van der Waals surface area contributed by atoms with Crippen molar-refractivity contribution in [2.75, 3.05) is 0 Å². The number of pyridine rings is 1. The van der Waals surface area contributed by atoms with Gasteiger partial charge in [-0.25, -0.2) is 17.5 Å². The zero-order chi connectivity index (χ0) is 14.8. The summed E-state index contributed by atoms with van der Waals surface area (Å²) in [5, 5.41) is 0. The van der Waals surface area contributed by atoms with E-state index in [0.717, 1.165) is 11.6 Å². The molecular formula is C14H15FN2O2S. The van der Waals surface area contributed by atoms with Gasteiger partial charge in [-0.05, 0) is 49.2 Å². The number of nitrogens with one attached hydrogen (secondary N) is 1. The minimum atomic E-state index is -3.77. The first-order chi connectivity index (χ1) is 9.40. The minimum Gasteiger partial charge on any atom is -0.265 e. The second-order valence-electron chi connectivity index (χ2n) is 4.53. The van der Waals surface area contributed by atoms with Crippen molar-refractivity contribution in [3.05, 3.63) is 59.7 Å². The van der Waals surface area contributed by atoms with Crippen molar-refractivity contribution in [3.63, 3.8) is 0 Å². The van der Waals surface area contributed by atoms with E-state index in [4.69, 9.17) is 0 Å². The summed E-state index contributed by atoms with van der Waals surface area (Å²) in [5.41, 5.74) is 1.29. The van der Waals surface area contributed by atoms with Gasteiger partial charge in [0.2, 0.25) is 10.0 Å². The Kier molecular flexibility index (Phi) is 4.15. The van der Waals surface area contributed by atoms with E-state index in [0.29, 0.717) is 5.56 Å². The lowest BCUT2D eigenvalue weighted by molar-refractivity contribution is 0.563. The Balaban J connectivity index is 2.30. The third-order valence-corrected chi connectivity index (χ3v) is 4.66. The maximum absolute atomic E-state index is 13.2. The number of hydrogen-bond acceptors (Lipinski definition) is 3. The number of sulfonamides is 1. The van der Waals surface area contributed by atoms with Crippen LogP contribution in [0.5, 0.6) is 0 Å². The fourth-order valence-corrected chi connectivity index (χ4v) is 3.37. The normalized spacial score (nSPS) is 13.2. The molecule has 1 N–H and O–H groups in total. The lowest BCUT2D eigenvalue weighted by Crippen LogP contribution is -2.27. The second-order valence-corrected chi connectivity index (χ2v) is 6.22. The van der Waals surface area contributed by atoms with Crippen LogP contribution in [-0.4, -0.2) is 13.4 Å². The van der Waals surface area contributed by atoms with E-state index in [1.165, 1.54) is 12.1 Å². The van der Waals surface area contributed by atoms with Crippen molar-refractivity contribution < 1.29 is 12.8 Å². The molecule has 0 radical (unpaired) electrons. The van der Waals surface area contributed by atoms with Gasteiger partial charge < -0.3 is 0 Å². The first-order valence-corrected chi connectivity index (χ1v) is 7.57. The van der Waals surface area contributed by atoms with Crippen LogP contribution in [0, 0.1) is 12.7 Å². The molecule has 106 valence electrons. The SMILES string of the molecule is Cc1ccc(F)cc1S(=O)(=O)N[C@H](C)c1ccncc1. The molecule has 0 unspecified atom stereocenters. The van der Waals surface area contributed by atoms with Gasteiger partial charge in [0, 0.05) is 18.4 Å². The van der Waals surface area contributed by atoms with Gasteiger partial charge in [0.1, 0.15) is 5.82 Å². The molecule has 1 atom stereocenters. The van der Waals surface area contributed by atoms with Crippen molar-refractivity contribution in [1.82, 2.24) is 9.71 Å². The van der Waals surface area contributed by atoms with Crippen LogP contribution in [-0.2, 0) is 10.0 Å². The van der Waals surface area contributed by atoms with Gasteiger partial charge in [-0.1, -0.05) is 6.07 Å². The van der Waals surface area contributed by atoms with Crippen molar-refractivity contribution in [1.29, 1.82) is 0 Å². The molecule has 2 rings (SSSR count). The zero-order valence-corrected chi connectivity index (χ0v) is 12.0. The Morgan fingerprint density at radius 3 is 2.50 bits per heavy atom. The third kappa shape index (κ3) is 3.20. The van der Waals surface area contributed by atoms with Crippen LogP contribution in [0.2, 0.25) is 0 Å². The lowest BCUT2D eigenvalue weighted by atomic mass is 10.1. The first-order valence-electron chi connectivity index (χ1n) is 6.08. The molecule has 1 aromatic carbocycles. The molecule has 0 bridgehead atoms. The van der Waals surface area contributed by atoms with Crippen LogP contribution in [0.25, 0.3) is 0 Å². The largest absolute Gasteiger partial charge is 0.265 e. The number of benzene rings is 1. The molecule has 0 saturated heterocycles. The molecule has 20 heavy (non-hydrogen) atoms. The van der Waals surface area contributed by atoms with Gasteiger partial charge in [-0.3, -0.25) is 4.98 Å². The predicted molar refractivity (Wildman–Crippen MR) is 74.1 cm³/mol. The van der Waals surface area contributed by atoms with Crippen molar-refractivity contribution >= 4 is 10.0 Å². The van der Waals surface area contributed by atoms with E-state index in [1.807, 2.05) is 0 Å². The maximum atomic E-state index is 13.2. The van der Waals surface area contributed by atoms with Gasteiger partial charge in [0.05, 0.1) is 4.90 Å². The smallest absolute Gasteiger partial charge is 0.241 e. The number of aromatic nitrogens is 1. The van der Waals surface area contributed by atoms with Crippen LogP contribution in [0.15, 0.2) is 47.6 Å². The molecule has 4 nitrogen and oxygen atoms in total. The highest BCUT2D eigenvalue weighted by atomic mass is 32.2. The molecule has 2 aromatic rings. The van der Waals surface area contributed by atoms with Crippen molar-refractivity contribution in [2.45, 2.75) is 24.8 Å². The first kappa shape index (κ1) is 14.6. The second kappa shape index (κ2) is 5.68. The number of halogens is 1. The number of nitrogens with zero attached hydrogens (tertiary/aromatic N) is 1. The van der Waals surface area contributed by atoms with E-state index < -0.39 is 21.9 Å². The average Bonchev–Trinajstić information content (AvgIpc) is 2.42. The molecule has 6 heteroatoms. The van der Waals surface area contributed by atoms with Crippen LogP contribution in [0.3, 0.4) is 0 Å². The van der Waals surface area contributed by atoms with Crippen molar-refractivity contribution in [3.8, 4) is 0 Å². The Bertz CT molecular complexity index is 702. The van der Waals surface area contributed by atoms with Crippen LogP contribution in [0.1, 0.15) is 24.1 Å². The van der Waals surface area contributed by atoms with Gasteiger partial charge in [-0.2, -0.15) is 0 Å². The highest BCUT2D eigenvalue weighted by molar-refractivity contribution is 7.89. The average molecular weight is 294 g/mol. The zero-order valence-electron chi connectivity index (χ0n) is 11.2. The standard InChI is InChI=1S/C14H15FN2O2S/c1-10-3-4-13(15)9-14(10)20(18,19)17-11(2)12-5-7-16-8-6-12/h3-9,11,17H,1-2H3/t11-/m1/s1. The Morgan fingerprint density at radius 1 is 1.20 bits per heavy atom. The van der Waals surface area contributed by atoms with E-state index in [1.54, 1.807) is 38.4 Å². The molecule has 0 aliphatic heterocycles.